The molecule has 0 radical (unpaired) electrons. The molecule has 1 aliphatic rings. The Labute approximate surface area is 206 Å². The molecule has 35 heavy (non-hydrogen) atoms. The minimum absolute atomic E-state index is 0.206. The molecule has 0 bridgehead atoms. The summed E-state index contributed by atoms with van der Waals surface area (Å²) in [5, 5.41) is 9.33. The summed E-state index contributed by atoms with van der Waals surface area (Å²) < 4.78 is 16.6. The van der Waals surface area contributed by atoms with Crippen molar-refractivity contribution in [3.8, 4) is 22.9 Å². The van der Waals surface area contributed by atoms with Crippen molar-refractivity contribution < 1.29 is 18.8 Å². The SMILES string of the molecule is COc1ccc(C2NC(=O)N(Cc3cccs3)C(C)=C2c2nc(-c3ccccc3)no2)cc1OC. The molecule has 0 saturated carbocycles. The quantitative estimate of drug-likeness (QED) is 0.369. The predicted molar refractivity (Wildman–Crippen MR) is 133 cm³/mol. The van der Waals surface area contributed by atoms with Crippen molar-refractivity contribution in [2.45, 2.75) is 19.5 Å². The average molecular weight is 489 g/mol. The monoisotopic (exact) mass is 488 g/mol. The van der Waals surface area contributed by atoms with Crippen molar-refractivity contribution in [3.63, 3.8) is 0 Å². The Kier molecular flexibility index (Phi) is 6.24. The van der Waals surface area contributed by atoms with Crippen molar-refractivity contribution in [2.75, 3.05) is 14.2 Å². The number of thiophene rings is 1. The molecular formula is C26H24N4O4S. The number of benzene rings is 2. The van der Waals surface area contributed by atoms with E-state index in [-0.39, 0.29) is 6.03 Å². The normalized spacial score (nSPS) is 15.8. The first-order valence-electron chi connectivity index (χ1n) is 11.0. The van der Waals surface area contributed by atoms with E-state index in [1.807, 2.05) is 73.0 Å². The van der Waals surface area contributed by atoms with Gasteiger partial charge in [-0.15, -0.1) is 11.3 Å². The van der Waals surface area contributed by atoms with Gasteiger partial charge in [-0.25, -0.2) is 4.79 Å². The molecule has 9 heteroatoms. The van der Waals surface area contributed by atoms with Crippen LogP contribution in [0.2, 0.25) is 0 Å². The van der Waals surface area contributed by atoms with Gasteiger partial charge in [0.25, 0.3) is 5.89 Å². The Bertz CT molecular complexity index is 1370. The highest BCUT2D eigenvalue weighted by Gasteiger charge is 2.36. The molecule has 178 valence electrons. The lowest BCUT2D eigenvalue weighted by molar-refractivity contribution is 0.203. The average Bonchev–Trinajstić information content (AvgIpc) is 3.59. The van der Waals surface area contributed by atoms with E-state index in [4.69, 9.17) is 19.0 Å². The minimum Gasteiger partial charge on any atom is -0.493 e. The number of carbonyl (C=O) groups is 1. The summed E-state index contributed by atoms with van der Waals surface area (Å²) in [6, 6.07) is 18.4. The number of allylic oxidation sites excluding steroid dienone is 1. The van der Waals surface area contributed by atoms with Gasteiger partial charge in [-0.05, 0) is 36.1 Å². The van der Waals surface area contributed by atoms with E-state index in [0.29, 0.717) is 29.8 Å². The van der Waals surface area contributed by atoms with Crippen molar-refractivity contribution in [1.82, 2.24) is 20.4 Å². The van der Waals surface area contributed by atoms with E-state index in [1.165, 1.54) is 0 Å². The molecule has 1 atom stereocenters. The van der Waals surface area contributed by atoms with Gasteiger partial charge in [0.1, 0.15) is 0 Å². The largest absolute Gasteiger partial charge is 0.493 e. The van der Waals surface area contributed by atoms with Crippen LogP contribution in [0.4, 0.5) is 4.79 Å². The van der Waals surface area contributed by atoms with E-state index in [0.717, 1.165) is 27.3 Å². The number of hydrogen-bond acceptors (Lipinski definition) is 7. The predicted octanol–water partition coefficient (Wildman–Crippen LogP) is 5.51. The second kappa shape index (κ2) is 9.63. The Morgan fingerprint density at radius 3 is 2.57 bits per heavy atom. The fourth-order valence-corrected chi connectivity index (χ4v) is 4.82. The lowest BCUT2D eigenvalue weighted by Gasteiger charge is -2.35. The number of nitrogens with one attached hydrogen (secondary N) is 1. The zero-order chi connectivity index (χ0) is 24.4. The van der Waals surface area contributed by atoms with Crippen LogP contribution < -0.4 is 14.8 Å². The third-order valence-corrected chi connectivity index (χ3v) is 6.78. The van der Waals surface area contributed by atoms with Crippen LogP contribution in [0.1, 0.15) is 29.3 Å². The molecule has 3 heterocycles. The third-order valence-electron chi connectivity index (χ3n) is 5.92. The first-order chi connectivity index (χ1) is 17.1. The van der Waals surface area contributed by atoms with Crippen LogP contribution >= 0.6 is 11.3 Å². The third kappa shape index (κ3) is 4.38. The number of urea groups is 1. The molecule has 2 aromatic carbocycles. The zero-order valence-corrected chi connectivity index (χ0v) is 20.3. The molecule has 1 unspecified atom stereocenters. The molecule has 5 rings (SSSR count). The van der Waals surface area contributed by atoms with Gasteiger partial charge in [0, 0.05) is 16.1 Å². The molecule has 2 amide bonds. The Balaban J connectivity index is 1.62. The number of rotatable bonds is 7. The molecule has 8 nitrogen and oxygen atoms in total. The van der Waals surface area contributed by atoms with Crippen LogP contribution in [0.15, 0.2) is 76.3 Å². The highest BCUT2D eigenvalue weighted by atomic mass is 32.1. The molecular weight excluding hydrogens is 464 g/mol. The number of amides is 2. The molecule has 0 saturated heterocycles. The first kappa shape index (κ1) is 22.7. The summed E-state index contributed by atoms with van der Waals surface area (Å²) in [6.45, 7) is 2.35. The lowest BCUT2D eigenvalue weighted by Crippen LogP contribution is -2.45. The first-order valence-corrected chi connectivity index (χ1v) is 11.9. The Morgan fingerprint density at radius 1 is 1.06 bits per heavy atom. The maximum atomic E-state index is 13.3. The summed E-state index contributed by atoms with van der Waals surface area (Å²) in [5.41, 5.74) is 3.12. The summed E-state index contributed by atoms with van der Waals surface area (Å²) in [6.07, 6.45) is 0. The second-order valence-corrected chi connectivity index (χ2v) is 8.98. The van der Waals surface area contributed by atoms with Crippen molar-refractivity contribution in [1.29, 1.82) is 0 Å². The summed E-state index contributed by atoms with van der Waals surface area (Å²) >= 11 is 1.60. The number of methoxy groups -OCH3 is 2. The topological polar surface area (TPSA) is 89.7 Å². The van der Waals surface area contributed by atoms with E-state index in [1.54, 1.807) is 30.5 Å². The fraction of sp³-hybridized carbons (Fsp3) is 0.192. The Morgan fingerprint density at radius 2 is 1.86 bits per heavy atom. The van der Waals surface area contributed by atoms with Gasteiger partial charge in [-0.2, -0.15) is 4.98 Å². The van der Waals surface area contributed by atoms with E-state index in [2.05, 4.69) is 10.5 Å². The molecule has 2 aromatic heterocycles. The summed E-state index contributed by atoms with van der Waals surface area (Å²) in [5.74, 6) is 1.99. The number of ether oxygens (including phenoxy) is 2. The van der Waals surface area contributed by atoms with Gasteiger partial charge in [0.15, 0.2) is 11.5 Å². The van der Waals surface area contributed by atoms with Crippen LogP contribution in [0.3, 0.4) is 0 Å². The highest BCUT2D eigenvalue weighted by molar-refractivity contribution is 7.09. The van der Waals surface area contributed by atoms with Crippen LogP contribution in [-0.2, 0) is 6.54 Å². The number of aromatic nitrogens is 2. The van der Waals surface area contributed by atoms with Crippen LogP contribution in [0.25, 0.3) is 17.0 Å². The van der Waals surface area contributed by atoms with E-state index >= 15 is 0 Å². The highest BCUT2D eigenvalue weighted by Crippen LogP contribution is 2.40. The van der Waals surface area contributed by atoms with Gasteiger partial charge in [0.05, 0.1) is 32.4 Å². The Hall–Kier alpha value is -4.11. The maximum absolute atomic E-state index is 13.3. The van der Waals surface area contributed by atoms with Crippen LogP contribution in [0, 0.1) is 0 Å². The standard InChI is InChI=1S/C26H24N4O4S/c1-16-22(25-28-24(29-34-25)17-8-5-4-6-9-17)23(18-11-12-20(32-2)21(14-18)33-3)27-26(31)30(16)15-19-10-7-13-35-19/h4-14,23H,15H2,1-3H3,(H,27,31). The maximum Gasteiger partial charge on any atom is 0.322 e. The molecule has 4 aromatic rings. The molecule has 0 aliphatic carbocycles. The van der Waals surface area contributed by atoms with Crippen molar-refractivity contribution >= 4 is 22.9 Å². The van der Waals surface area contributed by atoms with E-state index in [9.17, 15) is 4.79 Å². The van der Waals surface area contributed by atoms with Gasteiger partial charge in [-0.1, -0.05) is 47.6 Å². The van der Waals surface area contributed by atoms with Gasteiger partial charge < -0.3 is 19.3 Å². The van der Waals surface area contributed by atoms with Crippen molar-refractivity contribution in [3.05, 3.63) is 88.1 Å². The number of nitrogens with zero attached hydrogens (tertiary/aromatic N) is 3. The molecule has 0 spiro atoms. The van der Waals surface area contributed by atoms with Gasteiger partial charge in [-0.3, -0.25) is 4.90 Å². The molecule has 1 aliphatic heterocycles. The van der Waals surface area contributed by atoms with Crippen LogP contribution in [-0.4, -0.2) is 35.3 Å². The van der Waals surface area contributed by atoms with Gasteiger partial charge in [0.2, 0.25) is 5.82 Å². The summed E-state index contributed by atoms with van der Waals surface area (Å²) in [7, 11) is 3.16. The lowest BCUT2D eigenvalue weighted by atomic mass is 9.94. The van der Waals surface area contributed by atoms with E-state index < -0.39 is 6.04 Å². The second-order valence-electron chi connectivity index (χ2n) is 7.95. The van der Waals surface area contributed by atoms with Crippen LogP contribution in [0.5, 0.6) is 11.5 Å². The molecule has 0 fully saturated rings. The van der Waals surface area contributed by atoms with Crippen molar-refractivity contribution in [2.24, 2.45) is 0 Å². The smallest absolute Gasteiger partial charge is 0.322 e. The zero-order valence-electron chi connectivity index (χ0n) is 19.5. The minimum atomic E-state index is -0.522. The number of carbonyl (C=O) groups excluding carboxylic acids is 1. The summed E-state index contributed by atoms with van der Waals surface area (Å²) in [4.78, 5) is 20.7. The fourth-order valence-electron chi connectivity index (χ4n) is 4.13. The number of hydrogen-bond donors (Lipinski definition) is 1. The van der Waals surface area contributed by atoms with Gasteiger partial charge >= 0.3 is 6.03 Å². The molecule has 1 N–H and O–H groups in total.